The Balaban J connectivity index is 2.26. The number of nitro groups is 1. The Morgan fingerprint density at radius 3 is 2.79 bits per heavy atom. The molecule has 1 aromatic heterocycles. The van der Waals surface area contributed by atoms with Crippen LogP contribution in [0.3, 0.4) is 0 Å². The van der Waals surface area contributed by atoms with Crippen LogP contribution in [0.2, 0.25) is 0 Å². The molecule has 0 unspecified atom stereocenters. The summed E-state index contributed by atoms with van der Waals surface area (Å²) in [5, 5.41) is 16.8. The summed E-state index contributed by atoms with van der Waals surface area (Å²) in [7, 11) is 0. The van der Waals surface area contributed by atoms with E-state index in [1.807, 2.05) is 0 Å². The van der Waals surface area contributed by atoms with Crippen LogP contribution < -0.4 is 5.32 Å². The van der Waals surface area contributed by atoms with E-state index in [1.165, 1.54) is 0 Å². The third kappa shape index (κ3) is 2.81. The molecule has 0 radical (unpaired) electrons. The molecule has 0 saturated heterocycles. The summed E-state index contributed by atoms with van der Waals surface area (Å²) in [4.78, 5) is 13.6. The molecule has 9 heteroatoms. The first kappa shape index (κ1) is 12.9. The Bertz CT molecular complexity index is 629. The lowest BCUT2D eigenvalue weighted by molar-refractivity contribution is -0.386. The van der Waals surface area contributed by atoms with E-state index in [0.717, 1.165) is 6.07 Å². The Kier molecular flexibility index (Phi) is 3.36. The second-order valence-corrected chi connectivity index (χ2v) is 3.62. The van der Waals surface area contributed by atoms with Gasteiger partial charge in [0.15, 0.2) is 5.82 Å². The van der Waals surface area contributed by atoms with Crippen molar-refractivity contribution in [3.8, 4) is 0 Å². The van der Waals surface area contributed by atoms with Gasteiger partial charge >= 0.3 is 5.69 Å². The quantitative estimate of drug-likeness (QED) is 0.675. The fraction of sp³-hybridized carbons (Fsp3) is 0.200. The summed E-state index contributed by atoms with van der Waals surface area (Å²) in [5.41, 5.74) is -1.12. The molecular weight excluding hydrogens is 262 g/mol. The fourth-order valence-corrected chi connectivity index (χ4v) is 1.47. The largest absolute Gasteiger partial charge is 0.372 e. The molecular formula is C10H8F2N4O3. The number of aromatic nitrogens is 2. The van der Waals surface area contributed by atoms with Gasteiger partial charge in [0.2, 0.25) is 11.7 Å². The second kappa shape index (κ2) is 4.96. The molecule has 1 heterocycles. The van der Waals surface area contributed by atoms with Gasteiger partial charge in [0.25, 0.3) is 0 Å². The third-order valence-electron chi connectivity index (χ3n) is 2.22. The molecule has 0 amide bonds. The van der Waals surface area contributed by atoms with Crippen molar-refractivity contribution in [3.63, 3.8) is 0 Å². The summed E-state index contributed by atoms with van der Waals surface area (Å²) in [6, 6.07) is 1.27. The minimum Gasteiger partial charge on any atom is -0.372 e. The SMILES string of the molecule is Cc1nc(CNc2cc(F)cc(F)c2[N+](=O)[O-])no1. The van der Waals surface area contributed by atoms with Gasteiger partial charge < -0.3 is 9.84 Å². The topological polar surface area (TPSA) is 94.1 Å². The zero-order valence-corrected chi connectivity index (χ0v) is 9.68. The van der Waals surface area contributed by atoms with Crippen molar-refractivity contribution < 1.29 is 18.2 Å². The molecule has 0 atom stereocenters. The van der Waals surface area contributed by atoms with E-state index in [9.17, 15) is 18.9 Å². The average molecular weight is 270 g/mol. The normalized spacial score (nSPS) is 10.5. The minimum atomic E-state index is -1.25. The lowest BCUT2D eigenvalue weighted by Crippen LogP contribution is -2.06. The maximum Gasteiger partial charge on any atom is 0.327 e. The zero-order valence-electron chi connectivity index (χ0n) is 9.68. The smallest absolute Gasteiger partial charge is 0.327 e. The Morgan fingerprint density at radius 1 is 1.47 bits per heavy atom. The summed E-state index contributed by atoms with van der Waals surface area (Å²) in [5.74, 6) is -1.64. The molecule has 1 N–H and O–H groups in total. The van der Waals surface area contributed by atoms with Crippen molar-refractivity contribution >= 4 is 11.4 Å². The summed E-state index contributed by atoms with van der Waals surface area (Å²) >= 11 is 0. The summed E-state index contributed by atoms with van der Waals surface area (Å²) in [6.45, 7) is 1.52. The molecule has 0 fully saturated rings. The van der Waals surface area contributed by atoms with Gasteiger partial charge in [-0.3, -0.25) is 10.1 Å². The van der Waals surface area contributed by atoms with Crippen molar-refractivity contribution in [1.82, 2.24) is 10.1 Å². The lowest BCUT2D eigenvalue weighted by Gasteiger charge is -2.05. The molecule has 0 spiro atoms. The molecule has 2 aromatic rings. The van der Waals surface area contributed by atoms with Crippen molar-refractivity contribution in [3.05, 3.63) is 45.6 Å². The maximum absolute atomic E-state index is 13.3. The van der Waals surface area contributed by atoms with Crippen molar-refractivity contribution in [1.29, 1.82) is 0 Å². The summed E-state index contributed by atoms with van der Waals surface area (Å²) in [6.07, 6.45) is 0. The highest BCUT2D eigenvalue weighted by molar-refractivity contribution is 5.62. The molecule has 0 aliphatic rings. The number of nitrogens with zero attached hydrogens (tertiary/aromatic N) is 3. The van der Waals surface area contributed by atoms with Crippen LogP contribution in [0.15, 0.2) is 16.7 Å². The van der Waals surface area contributed by atoms with Gasteiger partial charge in [0.1, 0.15) is 11.5 Å². The Hall–Kier alpha value is -2.58. The van der Waals surface area contributed by atoms with Crippen LogP contribution in [0, 0.1) is 28.7 Å². The van der Waals surface area contributed by atoms with Gasteiger partial charge in [-0.2, -0.15) is 9.37 Å². The van der Waals surface area contributed by atoms with Crippen molar-refractivity contribution in [2.45, 2.75) is 13.5 Å². The van der Waals surface area contributed by atoms with Gasteiger partial charge in [-0.05, 0) is 0 Å². The van der Waals surface area contributed by atoms with E-state index in [-0.39, 0.29) is 18.1 Å². The summed E-state index contributed by atoms with van der Waals surface area (Å²) < 4.78 is 31.1. The van der Waals surface area contributed by atoms with Gasteiger partial charge in [-0.15, -0.1) is 0 Å². The van der Waals surface area contributed by atoms with Crippen LogP contribution >= 0.6 is 0 Å². The highest BCUT2D eigenvalue weighted by Crippen LogP contribution is 2.28. The van der Waals surface area contributed by atoms with Crippen molar-refractivity contribution in [2.75, 3.05) is 5.32 Å². The number of nitro benzene ring substituents is 1. The van der Waals surface area contributed by atoms with Gasteiger partial charge in [0.05, 0.1) is 11.5 Å². The van der Waals surface area contributed by atoms with Crippen LogP contribution in [-0.4, -0.2) is 15.1 Å². The number of aryl methyl sites for hydroxylation is 1. The van der Waals surface area contributed by atoms with Crippen LogP contribution in [0.5, 0.6) is 0 Å². The molecule has 1 aromatic carbocycles. The number of anilines is 1. The predicted molar refractivity (Wildman–Crippen MR) is 59.4 cm³/mol. The molecule has 0 aliphatic carbocycles. The number of halogens is 2. The number of benzene rings is 1. The van der Waals surface area contributed by atoms with E-state index in [1.54, 1.807) is 6.92 Å². The van der Waals surface area contributed by atoms with E-state index >= 15 is 0 Å². The number of hydrogen-bond donors (Lipinski definition) is 1. The Morgan fingerprint density at radius 2 is 2.21 bits per heavy atom. The molecule has 19 heavy (non-hydrogen) atoms. The van der Waals surface area contributed by atoms with Crippen LogP contribution in [-0.2, 0) is 6.54 Å². The Labute approximate surface area is 105 Å². The molecule has 0 saturated carbocycles. The van der Waals surface area contributed by atoms with Crippen molar-refractivity contribution in [2.24, 2.45) is 0 Å². The number of nitrogens with one attached hydrogen (secondary N) is 1. The standard InChI is InChI=1S/C10H8F2N4O3/c1-5-14-9(15-19-5)4-13-8-3-6(11)2-7(12)10(8)16(17)18/h2-3,13H,4H2,1H3. The molecule has 0 aliphatic heterocycles. The van der Waals surface area contributed by atoms with Crippen LogP contribution in [0.4, 0.5) is 20.2 Å². The second-order valence-electron chi connectivity index (χ2n) is 3.62. The van der Waals surface area contributed by atoms with Gasteiger partial charge in [-0.1, -0.05) is 5.16 Å². The van der Waals surface area contributed by atoms with Crippen LogP contribution in [0.1, 0.15) is 11.7 Å². The van der Waals surface area contributed by atoms with E-state index in [2.05, 4.69) is 15.5 Å². The first-order valence-corrected chi connectivity index (χ1v) is 5.14. The molecule has 7 nitrogen and oxygen atoms in total. The number of hydrogen-bond acceptors (Lipinski definition) is 6. The molecule has 2 rings (SSSR count). The fourth-order valence-electron chi connectivity index (χ4n) is 1.47. The number of rotatable bonds is 4. The average Bonchev–Trinajstić information content (AvgIpc) is 2.71. The first-order valence-electron chi connectivity index (χ1n) is 5.14. The van der Waals surface area contributed by atoms with E-state index in [0.29, 0.717) is 12.0 Å². The monoisotopic (exact) mass is 270 g/mol. The van der Waals surface area contributed by atoms with Gasteiger partial charge in [0, 0.05) is 19.1 Å². The predicted octanol–water partition coefficient (Wildman–Crippen LogP) is 2.18. The van der Waals surface area contributed by atoms with E-state index < -0.39 is 22.2 Å². The third-order valence-corrected chi connectivity index (χ3v) is 2.22. The van der Waals surface area contributed by atoms with Crippen LogP contribution in [0.25, 0.3) is 0 Å². The van der Waals surface area contributed by atoms with E-state index in [4.69, 9.17) is 4.52 Å². The maximum atomic E-state index is 13.3. The highest BCUT2D eigenvalue weighted by Gasteiger charge is 2.22. The zero-order chi connectivity index (χ0) is 14.0. The first-order chi connectivity index (χ1) is 8.97. The molecule has 100 valence electrons. The highest BCUT2D eigenvalue weighted by atomic mass is 19.1. The molecule has 0 bridgehead atoms. The van der Waals surface area contributed by atoms with Gasteiger partial charge in [-0.25, -0.2) is 4.39 Å². The lowest BCUT2D eigenvalue weighted by atomic mass is 10.2. The minimum absolute atomic E-state index is 0.0545.